The molecule has 0 spiro atoms. The number of thiazole rings is 1. The second kappa shape index (κ2) is 10.9. The molecular formula is C30H25FN2O6S. The molecule has 0 unspecified atom stereocenters. The van der Waals surface area contributed by atoms with Gasteiger partial charge in [0.1, 0.15) is 17.3 Å². The van der Waals surface area contributed by atoms with Crippen LogP contribution in [-0.4, -0.2) is 30.2 Å². The first kappa shape index (κ1) is 27.0. The fourth-order valence-corrected chi connectivity index (χ4v) is 5.67. The summed E-state index contributed by atoms with van der Waals surface area (Å²) in [6.07, 6.45) is 1.62. The minimum atomic E-state index is -0.832. The molecule has 0 aliphatic carbocycles. The molecule has 0 radical (unpaired) electrons. The quantitative estimate of drug-likeness (QED) is 0.326. The molecule has 0 saturated carbocycles. The largest absolute Gasteiger partial charge is 0.465 e. The van der Waals surface area contributed by atoms with Crippen molar-refractivity contribution in [1.82, 2.24) is 4.57 Å². The van der Waals surface area contributed by atoms with Gasteiger partial charge in [0.25, 0.3) is 5.56 Å². The molecule has 2 aromatic heterocycles. The van der Waals surface area contributed by atoms with Gasteiger partial charge < -0.3 is 13.9 Å². The van der Waals surface area contributed by atoms with Crippen molar-refractivity contribution in [2.24, 2.45) is 4.99 Å². The minimum absolute atomic E-state index is 0.155. The molecule has 0 bridgehead atoms. The molecule has 40 heavy (non-hydrogen) atoms. The summed E-state index contributed by atoms with van der Waals surface area (Å²) < 4.78 is 31.6. The number of fused-ring (bicyclic) bond motifs is 1. The maximum absolute atomic E-state index is 13.7. The summed E-state index contributed by atoms with van der Waals surface area (Å²) in [6.45, 7) is 5.40. The third-order valence-electron chi connectivity index (χ3n) is 6.52. The fourth-order valence-electron chi connectivity index (χ4n) is 4.64. The highest BCUT2D eigenvalue weighted by atomic mass is 32.1. The summed E-state index contributed by atoms with van der Waals surface area (Å²) in [7, 11) is 1.33. The number of aryl methyl sites for hydroxylation is 1. The van der Waals surface area contributed by atoms with Gasteiger partial charge in [0.15, 0.2) is 4.80 Å². The van der Waals surface area contributed by atoms with Crippen molar-refractivity contribution in [2.75, 3.05) is 13.7 Å². The molecule has 0 N–H and O–H groups in total. The number of aromatic nitrogens is 1. The molecule has 4 aromatic rings. The Hall–Kier alpha value is -4.57. The summed E-state index contributed by atoms with van der Waals surface area (Å²) in [6, 6.07) is 13.5. The van der Waals surface area contributed by atoms with E-state index in [2.05, 4.69) is 4.99 Å². The molecule has 1 aliphatic heterocycles. The molecule has 0 saturated heterocycles. The van der Waals surface area contributed by atoms with Crippen molar-refractivity contribution < 1.29 is 27.9 Å². The molecule has 204 valence electrons. The zero-order valence-electron chi connectivity index (χ0n) is 22.2. The van der Waals surface area contributed by atoms with Gasteiger partial charge in [-0.1, -0.05) is 29.5 Å². The number of carbonyl (C=O) groups is 2. The molecule has 8 nitrogen and oxygen atoms in total. The van der Waals surface area contributed by atoms with Crippen LogP contribution in [-0.2, 0) is 14.3 Å². The number of hydrogen-bond acceptors (Lipinski definition) is 8. The van der Waals surface area contributed by atoms with Crippen LogP contribution >= 0.6 is 11.3 Å². The number of nitrogens with zero attached hydrogens (tertiary/aromatic N) is 2. The van der Waals surface area contributed by atoms with Crippen molar-refractivity contribution >= 4 is 29.4 Å². The second-order valence-corrected chi connectivity index (χ2v) is 10.1. The summed E-state index contributed by atoms with van der Waals surface area (Å²) >= 11 is 1.16. The van der Waals surface area contributed by atoms with Crippen LogP contribution in [0, 0.1) is 12.7 Å². The Bertz CT molecular complexity index is 1850. The Morgan fingerprint density at radius 2 is 1.85 bits per heavy atom. The SMILES string of the molecule is CCOC(=O)C1=C(C)N=c2s/c(=C/c3ccc(-c4ccc(C(=O)OC)cc4C)o3)c(=O)n2[C@@H]1c1ccc(F)cc1. The second-order valence-electron chi connectivity index (χ2n) is 9.08. The lowest BCUT2D eigenvalue weighted by atomic mass is 9.96. The van der Waals surface area contributed by atoms with Gasteiger partial charge in [-0.15, -0.1) is 0 Å². The van der Waals surface area contributed by atoms with Crippen LogP contribution in [0.3, 0.4) is 0 Å². The Morgan fingerprint density at radius 3 is 2.52 bits per heavy atom. The topological polar surface area (TPSA) is 100 Å². The number of hydrogen-bond donors (Lipinski definition) is 0. The van der Waals surface area contributed by atoms with Crippen LogP contribution in [0.4, 0.5) is 4.39 Å². The first-order valence-corrected chi connectivity index (χ1v) is 13.3. The predicted molar refractivity (Wildman–Crippen MR) is 147 cm³/mol. The maximum atomic E-state index is 13.7. The predicted octanol–water partition coefficient (Wildman–Crippen LogP) is 4.29. The Morgan fingerprint density at radius 1 is 1.10 bits per heavy atom. The first-order valence-electron chi connectivity index (χ1n) is 12.5. The first-order chi connectivity index (χ1) is 19.2. The van der Waals surface area contributed by atoms with Gasteiger partial charge in [-0.05, 0) is 68.3 Å². The Kier molecular flexibility index (Phi) is 7.36. The minimum Gasteiger partial charge on any atom is -0.465 e. The molecule has 0 fully saturated rings. The standard InChI is InChI=1S/C30H25FN2O6S/c1-5-38-29(36)25-17(3)32-30-33(26(25)18-6-9-20(31)10-7-18)27(34)24(40-30)15-21-11-13-23(39-21)22-12-8-19(14-16(22)2)28(35)37-4/h6-15,26H,5H2,1-4H3/b24-15+/t26-/m1/s1. The molecule has 1 aliphatic rings. The summed E-state index contributed by atoms with van der Waals surface area (Å²) in [5.74, 6) is -0.436. The Labute approximate surface area is 232 Å². The number of ether oxygens (including phenoxy) is 2. The van der Waals surface area contributed by atoms with Crippen molar-refractivity contribution in [1.29, 1.82) is 0 Å². The van der Waals surface area contributed by atoms with Crippen molar-refractivity contribution in [3.8, 4) is 11.3 Å². The monoisotopic (exact) mass is 560 g/mol. The number of rotatable bonds is 6. The van der Waals surface area contributed by atoms with Gasteiger partial charge in [0.2, 0.25) is 0 Å². The molecule has 1 atom stereocenters. The highest BCUT2D eigenvalue weighted by Crippen LogP contribution is 2.31. The van der Waals surface area contributed by atoms with E-state index in [1.807, 2.05) is 6.92 Å². The van der Waals surface area contributed by atoms with E-state index in [4.69, 9.17) is 13.9 Å². The van der Waals surface area contributed by atoms with E-state index in [-0.39, 0.29) is 17.7 Å². The number of benzene rings is 2. The van der Waals surface area contributed by atoms with E-state index in [1.165, 1.54) is 23.8 Å². The third kappa shape index (κ3) is 4.93. The average Bonchev–Trinajstić information content (AvgIpc) is 3.52. The molecule has 5 rings (SSSR count). The van der Waals surface area contributed by atoms with Gasteiger partial charge in [0.05, 0.1) is 41.1 Å². The number of halogens is 1. The molecule has 0 amide bonds. The van der Waals surface area contributed by atoms with Crippen molar-refractivity contribution in [3.63, 3.8) is 0 Å². The smallest absolute Gasteiger partial charge is 0.338 e. The fraction of sp³-hybridized carbons (Fsp3) is 0.200. The van der Waals surface area contributed by atoms with Crippen LogP contribution in [0.1, 0.15) is 47.1 Å². The van der Waals surface area contributed by atoms with Crippen LogP contribution < -0.4 is 14.9 Å². The average molecular weight is 561 g/mol. The third-order valence-corrected chi connectivity index (χ3v) is 7.50. The van der Waals surface area contributed by atoms with Gasteiger partial charge in [-0.25, -0.2) is 19.0 Å². The number of carbonyl (C=O) groups excluding carboxylic acids is 2. The van der Waals surface area contributed by atoms with E-state index in [0.717, 1.165) is 22.5 Å². The number of allylic oxidation sites excluding steroid dienone is 1. The van der Waals surface area contributed by atoms with Crippen LogP contribution in [0.5, 0.6) is 0 Å². The normalized spacial score (nSPS) is 15.0. The van der Waals surface area contributed by atoms with Crippen molar-refractivity contribution in [2.45, 2.75) is 26.8 Å². The van der Waals surface area contributed by atoms with E-state index in [9.17, 15) is 18.8 Å². The lowest BCUT2D eigenvalue weighted by Crippen LogP contribution is -2.39. The van der Waals surface area contributed by atoms with Gasteiger partial charge in [0, 0.05) is 11.6 Å². The van der Waals surface area contributed by atoms with Crippen LogP contribution in [0.15, 0.2) is 80.1 Å². The van der Waals surface area contributed by atoms with Crippen LogP contribution in [0.25, 0.3) is 17.4 Å². The van der Waals surface area contributed by atoms with Gasteiger partial charge >= 0.3 is 11.9 Å². The van der Waals surface area contributed by atoms with E-state index in [1.54, 1.807) is 62.4 Å². The molecule has 2 aromatic carbocycles. The maximum Gasteiger partial charge on any atom is 0.338 e. The van der Waals surface area contributed by atoms with Crippen LogP contribution in [0.2, 0.25) is 0 Å². The van der Waals surface area contributed by atoms with Gasteiger partial charge in [-0.3, -0.25) is 9.36 Å². The highest BCUT2D eigenvalue weighted by Gasteiger charge is 2.33. The summed E-state index contributed by atoms with van der Waals surface area (Å²) in [5, 5.41) is 0. The summed E-state index contributed by atoms with van der Waals surface area (Å²) in [5.41, 5.74) is 2.88. The zero-order valence-corrected chi connectivity index (χ0v) is 23.0. The van der Waals surface area contributed by atoms with E-state index in [0.29, 0.717) is 37.7 Å². The Balaban J connectivity index is 1.58. The van der Waals surface area contributed by atoms with Gasteiger partial charge in [-0.2, -0.15) is 0 Å². The molecule has 10 heteroatoms. The molecular weight excluding hydrogens is 535 g/mol. The number of methoxy groups -OCH3 is 1. The summed E-state index contributed by atoms with van der Waals surface area (Å²) in [4.78, 5) is 43.4. The van der Waals surface area contributed by atoms with E-state index < -0.39 is 23.8 Å². The lowest BCUT2D eigenvalue weighted by molar-refractivity contribution is -0.139. The molecule has 3 heterocycles. The lowest BCUT2D eigenvalue weighted by Gasteiger charge is -2.24. The zero-order chi connectivity index (χ0) is 28.6. The number of esters is 2. The van der Waals surface area contributed by atoms with E-state index >= 15 is 0 Å². The highest BCUT2D eigenvalue weighted by molar-refractivity contribution is 7.07. The van der Waals surface area contributed by atoms with Crippen molar-refractivity contribution in [3.05, 3.63) is 114 Å². The number of furan rings is 1.